The molecule has 2 fully saturated rings. The predicted molar refractivity (Wildman–Crippen MR) is 217 cm³/mol. The van der Waals surface area contributed by atoms with Crippen molar-refractivity contribution in [1.29, 1.82) is 0 Å². The van der Waals surface area contributed by atoms with Gasteiger partial charge in [-0.2, -0.15) is 0 Å². The van der Waals surface area contributed by atoms with Gasteiger partial charge in [-0.15, -0.1) is 0 Å². The highest BCUT2D eigenvalue weighted by Gasteiger charge is 2.36. The molecule has 2 aromatic heterocycles. The molecule has 8 rings (SSSR count). The molecule has 7 N–H and O–H groups in total. The molecule has 4 aromatic rings. The van der Waals surface area contributed by atoms with Crippen LogP contribution in [0.5, 0.6) is 11.5 Å². The summed E-state index contributed by atoms with van der Waals surface area (Å²) in [5, 5.41) is 42.3. The van der Waals surface area contributed by atoms with E-state index in [1.807, 2.05) is 24.3 Å². The number of oxime groups is 2. The van der Waals surface area contributed by atoms with Gasteiger partial charge in [0.25, 0.3) is 11.8 Å². The zero-order valence-electron chi connectivity index (χ0n) is 33.2. The molecule has 0 spiro atoms. The minimum absolute atomic E-state index is 0.0603. The lowest BCUT2D eigenvalue weighted by Gasteiger charge is -2.20. The van der Waals surface area contributed by atoms with E-state index in [-0.39, 0.29) is 41.3 Å². The molecule has 2 saturated carbocycles. The SMILES string of the molecule is COc1cc(C(=O)N[C@H]2CCC[C@H]2C(=O)NO)ccc1C1CC(c2ccncc2)=NO1.O=C(N[C@H]1CCC[C@H]1C(=O)NO)c1ccc(C2CC(c3ccncc3)=NO2)c(O)c1. The molecule has 2 aromatic carbocycles. The topological polar surface area (TPSA) is 255 Å². The third-order valence-corrected chi connectivity index (χ3v) is 11.4. The number of aromatic nitrogens is 2. The monoisotopic (exact) mass is 834 g/mol. The average Bonchev–Trinajstić information content (AvgIpc) is 4.15. The number of methoxy groups -OCH3 is 1. The van der Waals surface area contributed by atoms with Crippen LogP contribution in [-0.2, 0) is 19.3 Å². The van der Waals surface area contributed by atoms with Crippen LogP contribution in [-0.4, -0.2) is 79.7 Å². The number of aromatic hydroxyl groups is 1. The zero-order valence-corrected chi connectivity index (χ0v) is 33.2. The number of hydroxylamine groups is 2. The van der Waals surface area contributed by atoms with E-state index in [2.05, 4.69) is 30.9 Å². The molecular formula is C43H46N8O10. The third-order valence-electron chi connectivity index (χ3n) is 11.4. The number of nitrogens with zero attached hydrogens (tertiary/aromatic N) is 4. The first-order valence-electron chi connectivity index (χ1n) is 19.9. The second-order valence-electron chi connectivity index (χ2n) is 15.1. The number of phenolic OH excluding ortho intramolecular Hbond substituents is 1. The first kappa shape index (κ1) is 42.2. The molecule has 18 nitrogen and oxygen atoms in total. The Morgan fingerprint density at radius 2 is 1.10 bits per heavy atom. The molecule has 2 aliphatic heterocycles. The molecule has 4 amide bonds. The first-order valence-corrected chi connectivity index (χ1v) is 19.9. The van der Waals surface area contributed by atoms with Gasteiger partial charge >= 0.3 is 0 Å². The van der Waals surface area contributed by atoms with E-state index in [9.17, 15) is 24.3 Å². The Bertz CT molecular complexity index is 2290. The van der Waals surface area contributed by atoms with Crippen LogP contribution in [0.4, 0.5) is 0 Å². The Morgan fingerprint density at radius 3 is 1.56 bits per heavy atom. The van der Waals surface area contributed by atoms with Gasteiger partial charge in [-0.1, -0.05) is 35.3 Å². The van der Waals surface area contributed by atoms with E-state index in [1.54, 1.807) is 73.2 Å². The molecule has 2 unspecified atom stereocenters. The van der Waals surface area contributed by atoms with Crippen molar-refractivity contribution >= 4 is 35.1 Å². The molecule has 61 heavy (non-hydrogen) atoms. The predicted octanol–water partition coefficient (Wildman–Crippen LogP) is 4.42. The maximum Gasteiger partial charge on any atom is 0.251 e. The van der Waals surface area contributed by atoms with Gasteiger partial charge in [0.05, 0.1) is 30.4 Å². The van der Waals surface area contributed by atoms with Crippen LogP contribution in [0, 0.1) is 11.8 Å². The lowest BCUT2D eigenvalue weighted by molar-refractivity contribution is -0.134. The Balaban J connectivity index is 0.000000184. The summed E-state index contributed by atoms with van der Waals surface area (Å²) in [5.41, 5.74) is 8.81. The quantitative estimate of drug-likeness (QED) is 0.0819. The summed E-state index contributed by atoms with van der Waals surface area (Å²) in [6.07, 6.45) is 11.2. The molecule has 6 atom stereocenters. The molecule has 4 heterocycles. The standard InChI is InChI=1S/C22H24N4O5.C21H22N4O5/c1-30-19-11-14(21(27)24-17-4-2-3-15(17)22(28)25-29)5-6-16(19)20-12-18(26-31-20)13-7-9-23-10-8-13;26-18-10-13(20(27)23-16-3-1-2-14(16)21(28)24-29)4-5-15(18)19-11-17(25-30-19)12-6-8-22-9-7-12/h5-11,15,17,20,29H,2-4,12H2,1H3,(H,24,27)(H,25,28);4-10,14,16,19,26,29H,1-3,11H2,(H,23,27)(H,24,28)/t15-,17+,20?;14-,16+,19?/m11/s1. The second-order valence-corrected chi connectivity index (χ2v) is 15.1. The van der Waals surface area contributed by atoms with Gasteiger partial charge in [0.2, 0.25) is 11.8 Å². The number of rotatable bonds is 11. The van der Waals surface area contributed by atoms with Crippen LogP contribution in [0.1, 0.15) is 107 Å². The lowest BCUT2D eigenvalue weighted by Crippen LogP contribution is -2.43. The van der Waals surface area contributed by atoms with Gasteiger partial charge in [-0.3, -0.25) is 39.6 Å². The highest BCUT2D eigenvalue weighted by atomic mass is 16.6. The average molecular weight is 835 g/mol. The summed E-state index contributed by atoms with van der Waals surface area (Å²) >= 11 is 0. The van der Waals surface area contributed by atoms with Gasteiger partial charge in [-0.25, -0.2) is 11.0 Å². The number of phenols is 1. The van der Waals surface area contributed by atoms with Crippen LogP contribution in [0.3, 0.4) is 0 Å². The smallest absolute Gasteiger partial charge is 0.251 e. The van der Waals surface area contributed by atoms with Gasteiger partial charge < -0.3 is 30.2 Å². The maximum absolute atomic E-state index is 12.8. The number of ether oxygens (including phenoxy) is 1. The van der Waals surface area contributed by atoms with E-state index in [0.29, 0.717) is 55.4 Å². The summed E-state index contributed by atoms with van der Waals surface area (Å²) in [6, 6.07) is 16.6. The Kier molecular flexibility index (Phi) is 13.4. The Morgan fingerprint density at radius 1 is 0.639 bits per heavy atom. The van der Waals surface area contributed by atoms with Crippen LogP contribution < -0.4 is 26.3 Å². The molecule has 318 valence electrons. The number of pyridine rings is 2. The summed E-state index contributed by atoms with van der Waals surface area (Å²) in [7, 11) is 1.54. The summed E-state index contributed by atoms with van der Waals surface area (Å²) in [5.74, 6) is -2.10. The van der Waals surface area contributed by atoms with E-state index in [4.69, 9.17) is 24.8 Å². The second kappa shape index (κ2) is 19.4. The molecule has 4 aliphatic rings. The normalized spacial score (nSPS) is 22.6. The van der Waals surface area contributed by atoms with Crippen LogP contribution in [0.15, 0.2) is 95.8 Å². The highest BCUT2D eigenvalue weighted by Crippen LogP contribution is 2.37. The molecule has 0 radical (unpaired) electrons. The third kappa shape index (κ3) is 9.77. The van der Waals surface area contributed by atoms with Crippen LogP contribution in [0.25, 0.3) is 0 Å². The Labute approximate surface area is 350 Å². The fourth-order valence-electron chi connectivity index (χ4n) is 8.16. The fraction of sp³-hybridized carbons (Fsp3) is 0.349. The number of nitrogens with one attached hydrogen (secondary N) is 4. The van der Waals surface area contributed by atoms with E-state index >= 15 is 0 Å². The number of hydrogen-bond acceptors (Lipinski definition) is 14. The van der Waals surface area contributed by atoms with Gasteiger partial charge in [0, 0.05) is 83.1 Å². The van der Waals surface area contributed by atoms with Crippen molar-refractivity contribution in [3.8, 4) is 11.5 Å². The summed E-state index contributed by atoms with van der Waals surface area (Å²) in [6.45, 7) is 0. The fourth-order valence-corrected chi connectivity index (χ4v) is 8.16. The summed E-state index contributed by atoms with van der Waals surface area (Å²) < 4.78 is 5.52. The van der Waals surface area contributed by atoms with E-state index in [1.165, 1.54) is 6.07 Å². The molecular weight excluding hydrogens is 789 g/mol. The maximum atomic E-state index is 12.8. The number of amides is 4. The van der Waals surface area contributed by atoms with Crippen molar-refractivity contribution in [2.75, 3.05) is 7.11 Å². The Hall–Kier alpha value is -6.92. The van der Waals surface area contributed by atoms with Crippen molar-refractivity contribution in [3.05, 3.63) is 119 Å². The zero-order chi connectivity index (χ0) is 42.9. The number of carbonyl (C=O) groups excluding carboxylic acids is 4. The first-order chi connectivity index (χ1) is 29.7. The number of benzene rings is 2. The minimum Gasteiger partial charge on any atom is -0.507 e. The number of hydrogen-bond donors (Lipinski definition) is 7. The van der Waals surface area contributed by atoms with Crippen molar-refractivity contribution in [2.45, 2.75) is 75.7 Å². The minimum atomic E-state index is -0.501. The van der Waals surface area contributed by atoms with Crippen molar-refractivity contribution in [3.63, 3.8) is 0 Å². The van der Waals surface area contributed by atoms with E-state index < -0.39 is 29.8 Å². The van der Waals surface area contributed by atoms with Gasteiger partial charge in [-0.05, 0) is 74.2 Å². The number of carbonyl (C=O) groups is 4. The molecule has 18 heteroatoms. The van der Waals surface area contributed by atoms with Gasteiger partial charge in [0.1, 0.15) is 11.5 Å². The molecule has 2 aliphatic carbocycles. The van der Waals surface area contributed by atoms with E-state index in [0.717, 1.165) is 41.0 Å². The molecule has 0 bridgehead atoms. The lowest BCUT2D eigenvalue weighted by atomic mass is 9.98. The largest absolute Gasteiger partial charge is 0.507 e. The van der Waals surface area contributed by atoms with Crippen molar-refractivity contribution < 1.29 is 49.1 Å². The van der Waals surface area contributed by atoms with Gasteiger partial charge in [0.15, 0.2) is 12.2 Å². The summed E-state index contributed by atoms with van der Waals surface area (Å²) in [4.78, 5) is 68.0. The van der Waals surface area contributed by atoms with Crippen molar-refractivity contribution in [2.24, 2.45) is 22.1 Å². The molecule has 0 saturated heterocycles. The van der Waals surface area contributed by atoms with Crippen molar-refractivity contribution in [1.82, 2.24) is 31.6 Å². The highest BCUT2D eigenvalue weighted by molar-refractivity contribution is 6.02. The van der Waals surface area contributed by atoms with Crippen LogP contribution in [0.2, 0.25) is 0 Å². The van der Waals surface area contributed by atoms with Crippen LogP contribution >= 0.6 is 0 Å².